The molecule has 6 rings (SSSR count). The predicted molar refractivity (Wildman–Crippen MR) is 179 cm³/mol. The monoisotopic (exact) mass is 603 g/mol. The summed E-state index contributed by atoms with van der Waals surface area (Å²) >= 11 is 0. The van der Waals surface area contributed by atoms with Crippen LogP contribution in [0.4, 0.5) is 26.8 Å². The normalized spacial score (nSPS) is 13.5. The topological polar surface area (TPSA) is 127 Å². The predicted octanol–water partition coefficient (Wildman–Crippen LogP) is 7.42. The van der Waals surface area contributed by atoms with E-state index >= 15 is 0 Å². The minimum atomic E-state index is -0.580. The van der Waals surface area contributed by atoms with Crippen LogP contribution in [0, 0.1) is 13.8 Å². The van der Waals surface area contributed by atoms with Gasteiger partial charge >= 0.3 is 12.1 Å². The van der Waals surface area contributed by atoms with Gasteiger partial charge in [0.1, 0.15) is 28.5 Å². The van der Waals surface area contributed by atoms with E-state index in [1.807, 2.05) is 99.7 Å². The van der Waals surface area contributed by atoms with Crippen LogP contribution in [0.25, 0.3) is 33.1 Å². The first-order valence-corrected chi connectivity index (χ1v) is 15.0. The number of carbonyl (C=O) groups excluding carboxylic acids is 2. The highest BCUT2D eigenvalue weighted by Gasteiger charge is 2.27. The summed E-state index contributed by atoms with van der Waals surface area (Å²) in [6, 6.07) is 19.0. The van der Waals surface area contributed by atoms with E-state index in [0.29, 0.717) is 42.2 Å². The first-order chi connectivity index (χ1) is 21.5. The number of anilines is 3. The van der Waals surface area contributed by atoms with Gasteiger partial charge in [0.2, 0.25) is 0 Å². The molecular weight excluding hydrogens is 566 g/mol. The number of nitrogens with two attached hydrogens (primary N) is 1. The molecule has 1 aliphatic heterocycles. The number of aryl methyl sites for hydroxylation is 2. The van der Waals surface area contributed by atoms with Gasteiger partial charge in [-0.3, -0.25) is 4.40 Å². The number of hydrogen-bond acceptors (Lipinski definition) is 6. The summed E-state index contributed by atoms with van der Waals surface area (Å²) in [6.45, 7) is 10.5. The first-order valence-electron chi connectivity index (χ1n) is 15.0. The Balaban J connectivity index is 1.37. The Kier molecular flexibility index (Phi) is 7.66. The highest BCUT2D eigenvalue weighted by atomic mass is 16.6. The lowest BCUT2D eigenvalue weighted by Gasteiger charge is -2.30. The van der Waals surface area contributed by atoms with Crippen LogP contribution in [0.5, 0.6) is 0 Å². The van der Waals surface area contributed by atoms with Crippen LogP contribution in [0.1, 0.15) is 44.3 Å². The smallest absolute Gasteiger partial charge is 0.410 e. The van der Waals surface area contributed by atoms with E-state index in [-0.39, 0.29) is 12.1 Å². The number of carbonyl (C=O) groups is 2. The van der Waals surface area contributed by atoms with Gasteiger partial charge in [-0.15, -0.1) is 0 Å². The Hall–Kier alpha value is -5.38. The number of hydrogen-bond donors (Lipinski definition) is 3. The number of imidazole rings is 1. The molecule has 0 aliphatic carbocycles. The Bertz CT molecular complexity index is 1990. The van der Waals surface area contributed by atoms with Gasteiger partial charge in [0, 0.05) is 23.2 Å². The molecule has 230 valence electrons. The van der Waals surface area contributed by atoms with Crippen LogP contribution in [0.15, 0.2) is 72.9 Å². The van der Waals surface area contributed by atoms with E-state index in [9.17, 15) is 9.59 Å². The van der Waals surface area contributed by atoms with Gasteiger partial charge in [-0.2, -0.15) is 0 Å². The van der Waals surface area contributed by atoms with Crippen LogP contribution in [0.3, 0.4) is 0 Å². The lowest BCUT2D eigenvalue weighted by atomic mass is 10.00. The minimum absolute atomic E-state index is 0.332. The molecule has 0 unspecified atom stereocenters. The fourth-order valence-electron chi connectivity index (χ4n) is 5.76. The number of aromatic nitrogens is 3. The van der Waals surface area contributed by atoms with Crippen LogP contribution in [0.2, 0.25) is 0 Å². The summed E-state index contributed by atoms with van der Waals surface area (Å²) < 4.78 is 7.65. The largest absolute Gasteiger partial charge is 0.444 e. The standard InChI is InChI=1S/C35H37N7O3/c1-21-10-8-12-24(18-21)39-33(43)40-28-16-15-27(25-13-6-7-14-26(25)28)30-31-32(36)37-19-29(42(31)22(2)38-30)23-11-9-17-41(20-23)34(44)45-35(3,4)5/h6-8,10-16,18-19H,9,17,20H2,1-5H3,(H2,36,37)(H2,39,40,43). The summed E-state index contributed by atoms with van der Waals surface area (Å²) in [4.78, 5) is 37.1. The molecule has 0 radical (unpaired) electrons. The number of rotatable bonds is 4. The van der Waals surface area contributed by atoms with Gasteiger partial charge in [0.05, 0.1) is 24.1 Å². The Morgan fingerprint density at radius 1 is 0.978 bits per heavy atom. The first kappa shape index (κ1) is 29.7. The van der Waals surface area contributed by atoms with Crippen molar-refractivity contribution in [3.63, 3.8) is 0 Å². The molecule has 2 aromatic heterocycles. The van der Waals surface area contributed by atoms with Crippen molar-refractivity contribution >= 4 is 51.2 Å². The van der Waals surface area contributed by atoms with Gasteiger partial charge in [0.15, 0.2) is 0 Å². The molecule has 0 bridgehead atoms. The van der Waals surface area contributed by atoms with E-state index in [2.05, 4.69) is 21.7 Å². The molecule has 0 spiro atoms. The highest BCUT2D eigenvalue weighted by Crippen LogP contribution is 2.38. The van der Waals surface area contributed by atoms with Crippen molar-refractivity contribution in [1.29, 1.82) is 0 Å². The molecule has 0 saturated heterocycles. The molecule has 3 aromatic carbocycles. The molecule has 45 heavy (non-hydrogen) atoms. The zero-order valence-electron chi connectivity index (χ0n) is 26.1. The lowest BCUT2D eigenvalue weighted by Crippen LogP contribution is -2.39. The number of ether oxygens (including phenoxy) is 1. The van der Waals surface area contributed by atoms with Gasteiger partial charge in [-0.25, -0.2) is 19.6 Å². The minimum Gasteiger partial charge on any atom is -0.444 e. The molecule has 0 atom stereocenters. The number of nitrogen functional groups attached to an aromatic ring is 1. The quantitative estimate of drug-likeness (QED) is 0.196. The van der Waals surface area contributed by atoms with Crippen molar-refractivity contribution in [1.82, 2.24) is 19.3 Å². The maximum Gasteiger partial charge on any atom is 0.410 e. The van der Waals surface area contributed by atoms with Crippen molar-refractivity contribution in [2.24, 2.45) is 0 Å². The van der Waals surface area contributed by atoms with Crippen LogP contribution < -0.4 is 16.4 Å². The zero-order chi connectivity index (χ0) is 31.9. The molecule has 0 fully saturated rings. The van der Waals surface area contributed by atoms with Crippen molar-refractivity contribution in [2.75, 3.05) is 29.5 Å². The molecule has 10 heteroatoms. The van der Waals surface area contributed by atoms with E-state index in [0.717, 1.165) is 44.7 Å². The molecule has 5 aromatic rings. The van der Waals surface area contributed by atoms with E-state index in [1.54, 1.807) is 11.1 Å². The summed E-state index contributed by atoms with van der Waals surface area (Å²) in [6.07, 6.45) is 4.22. The van der Waals surface area contributed by atoms with Crippen molar-refractivity contribution in [3.05, 3.63) is 90.0 Å². The summed E-state index contributed by atoms with van der Waals surface area (Å²) in [5.74, 6) is 1.08. The van der Waals surface area contributed by atoms with E-state index in [4.69, 9.17) is 15.5 Å². The van der Waals surface area contributed by atoms with Crippen LogP contribution >= 0.6 is 0 Å². The number of fused-ring (bicyclic) bond motifs is 2. The fourth-order valence-corrected chi connectivity index (χ4v) is 5.76. The Morgan fingerprint density at radius 3 is 2.51 bits per heavy atom. The second-order valence-electron chi connectivity index (χ2n) is 12.3. The van der Waals surface area contributed by atoms with Crippen molar-refractivity contribution in [2.45, 2.75) is 46.6 Å². The molecule has 3 amide bonds. The zero-order valence-corrected chi connectivity index (χ0v) is 26.1. The molecule has 3 heterocycles. The third-order valence-corrected chi connectivity index (χ3v) is 7.69. The van der Waals surface area contributed by atoms with Gasteiger partial charge in [-0.1, -0.05) is 48.5 Å². The van der Waals surface area contributed by atoms with Gasteiger partial charge in [0.25, 0.3) is 0 Å². The summed E-state index contributed by atoms with van der Waals surface area (Å²) in [7, 11) is 0. The molecule has 4 N–H and O–H groups in total. The number of urea groups is 1. The maximum atomic E-state index is 12.9. The summed E-state index contributed by atoms with van der Waals surface area (Å²) in [5.41, 5.74) is 12.4. The van der Waals surface area contributed by atoms with Crippen LogP contribution in [-0.4, -0.2) is 50.1 Å². The van der Waals surface area contributed by atoms with Crippen molar-refractivity contribution < 1.29 is 14.3 Å². The third kappa shape index (κ3) is 6.04. The lowest BCUT2D eigenvalue weighted by molar-refractivity contribution is 0.0273. The van der Waals surface area contributed by atoms with Gasteiger partial charge in [-0.05, 0) is 75.8 Å². The summed E-state index contributed by atoms with van der Waals surface area (Å²) in [5, 5.41) is 7.68. The average Bonchev–Trinajstić information content (AvgIpc) is 3.34. The SMILES string of the molecule is Cc1cccc(NC(=O)Nc2ccc(-c3nc(C)n4c(C5=CCCN(C(=O)OC(C)(C)C)C5)cnc(N)c34)c3ccccc23)c1. The second kappa shape index (κ2) is 11.6. The molecule has 1 aliphatic rings. The highest BCUT2D eigenvalue weighted by molar-refractivity contribution is 6.11. The Labute approximate surface area is 261 Å². The number of nitrogens with one attached hydrogen (secondary N) is 2. The third-order valence-electron chi connectivity index (χ3n) is 7.69. The fraction of sp³-hybridized carbons (Fsp3) is 0.257. The van der Waals surface area contributed by atoms with Crippen molar-refractivity contribution in [3.8, 4) is 11.3 Å². The van der Waals surface area contributed by atoms with Crippen LogP contribution in [-0.2, 0) is 4.74 Å². The Morgan fingerprint density at radius 2 is 1.76 bits per heavy atom. The van der Waals surface area contributed by atoms with Gasteiger partial charge < -0.3 is 26.0 Å². The molecule has 0 saturated carbocycles. The van der Waals surface area contributed by atoms with E-state index in [1.165, 1.54) is 0 Å². The maximum absolute atomic E-state index is 12.9. The number of benzene rings is 3. The average molecular weight is 604 g/mol. The number of nitrogens with zero attached hydrogens (tertiary/aromatic N) is 4. The molecule has 10 nitrogen and oxygen atoms in total. The molecular formula is C35H37N7O3. The van der Waals surface area contributed by atoms with E-state index < -0.39 is 5.60 Å². The second-order valence-corrected chi connectivity index (χ2v) is 12.3. The number of amides is 3.